The van der Waals surface area contributed by atoms with Gasteiger partial charge in [-0.15, -0.1) is 0 Å². The molecule has 1 aromatic carbocycles. The minimum absolute atomic E-state index is 0.0707. The van der Waals surface area contributed by atoms with Gasteiger partial charge in [-0.05, 0) is 12.1 Å². The highest BCUT2D eigenvalue weighted by Gasteiger charge is 2.04. The minimum Gasteiger partial charge on any atom is -0.484 e. The number of carbonyl (C=O) groups excluding carboxylic acids is 2. The molecule has 19 heavy (non-hydrogen) atoms. The molecule has 0 unspecified atom stereocenters. The normalized spacial score (nSPS) is 9.58. The van der Waals surface area contributed by atoms with Crippen LogP contribution in [0.25, 0.3) is 0 Å². The summed E-state index contributed by atoms with van der Waals surface area (Å²) in [6.07, 6.45) is -0.669. The molecule has 0 atom stereocenters. The van der Waals surface area contributed by atoms with Crippen molar-refractivity contribution in [3.8, 4) is 5.75 Å². The lowest BCUT2D eigenvalue weighted by Gasteiger charge is -2.08. The lowest BCUT2D eigenvalue weighted by Crippen LogP contribution is -2.24. The Hall–Kier alpha value is -2.28. The predicted octanol–water partition coefficient (Wildman–Crippen LogP) is 0.352. The average Bonchev–Trinajstić information content (AvgIpc) is 2.43. The standard InChI is InChI=1S/C12H16N2O5/c1-13-11(16)8-19-10-4-2-3-9(7-10)14-12(17)18-6-5-15/h2-4,7,15H,5-6,8H2,1H3,(H,13,16)(H,14,17). The summed E-state index contributed by atoms with van der Waals surface area (Å²) in [7, 11) is 1.51. The van der Waals surface area contributed by atoms with Gasteiger partial charge in [-0.1, -0.05) is 6.07 Å². The van der Waals surface area contributed by atoms with Crippen LogP contribution in [0.1, 0.15) is 0 Å². The number of amides is 2. The molecule has 0 bridgehead atoms. The molecule has 0 saturated heterocycles. The first-order valence-corrected chi connectivity index (χ1v) is 5.63. The molecule has 0 spiro atoms. The molecule has 104 valence electrons. The van der Waals surface area contributed by atoms with Crippen LogP contribution in [0.3, 0.4) is 0 Å². The van der Waals surface area contributed by atoms with Gasteiger partial charge in [0.25, 0.3) is 5.91 Å². The average molecular weight is 268 g/mol. The fourth-order valence-corrected chi connectivity index (χ4v) is 1.18. The van der Waals surface area contributed by atoms with Crippen molar-refractivity contribution in [1.29, 1.82) is 0 Å². The van der Waals surface area contributed by atoms with E-state index in [9.17, 15) is 9.59 Å². The summed E-state index contributed by atoms with van der Waals surface area (Å²) >= 11 is 0. The Morgan fingerprint density at radius 3 is 2.84 bits per heavy atom. The van der Waals surface area contributed by atoms with Crippen molar-refractivity contribution >= 4 is 17.7 Å². The molecule has 0 aliphatic heterocycles. The van der Waals surface area contributed by atoms with Crippen molar-refractivity contribution in [1.82, 2.24) is 5.32 Å². The predicted molar refractivity (Wildman–Crippen MR) is 68.1 cm³/mol. The Balaban J connectivity index is 2.51. The zero-order chi connectivity index (χ0) is 14.1. The number of likely N-dealkylation sites (N-methyl/N-ethyl adjacent to an activating group) is 1. The molecule has 7 heteroatoms. The Labute approximate surface area is 110 Å². The van der Waals surface area contributed by atoms with Crippen molar-refractivity contribution in [2.24, 2.45) is 0 Å². The molecule has 0 aliphatic rings. The summed E-state index contributed by atoms with van der Waals surface area (Å²) in [5.74, 6) is 0.198. The minimum atomic E-state index is -0.669. The largest absolute Gasteiger partial charge is 0.484 e. The molecule has 0 fully saturated rings. The summed E-state index contributed by atoms with van der Waals surface area (Å²) < 4.78 is 9.86. The van der Waals surface area contributed by atoms with Gasteiger partial charge in [0.2, 0.25) is 0 Å². The molecule has 0 radical (unpaired) electrons. The molecule has 2 amide bonds. The second-order valence-electron chi connectivity index (χ2n) is 3.47. The molecule has 0 aliphatic carbocycles. The molecule has 1 aromatic rings. The first-order valence-electron chi connectivity index (χ1n) is 5.63. The summed E-state index contributed by atoms with van der Waals surface area (Å²) in [5, 5.41) is 13.4. The Morgan fingerprint density at radius 1 is 1.37 bits per heavy atom. The van der Waals surface area contributed by atoms with Crippen LogP contribution in [0.2, 0.25) is 0 Å². The van der Waals surface area contributed by atoms with Crippen LogP contribution in [-0.4, -0.2) is 44.0 Å². The van der Waals surface area contributed by atoms with Crippen molar-refractivity contribution in [3.05, 3.63) is 24.3 Å². The maximum atomic E-state index is 11.2. The van der Waals surface area contributed by atoms with Crippen molar-refractivity contribution < 1.29 is 24.2 Å². The van der Waals surface area contributed by atoms with E-state index in [1.807, 2.05) is 0 Å². The number of ether oxygens (including phenoxy) is 2. The van der Waals surface area contributed by atoms with Gasteiger partial charge >= 0.3 is 6.09 Å². The van der Waals surface area contributed by atoms with Gasteiger partial charge in [0.1, 0.15) is 12.4 Å². The smallest absolute Gasteiger partial charge is 0.411 e. The first-order chi connectivity index (χ1) is 9.15. The fourth-order valence-electron chi connectivity index (χ4n) is 1.18. The molecule has 1 rings (SSSR count). The lowest BCUT2D eigenvalue weighted by atomic mass is 10.3. The third-order valence-corrected chi connectivity index (χ3v) is 2.05. The maximum Gasteiger partial charge on any atom is 0.411 e. The fraction of sp³-hybridized carbons (Fsp3) is 0.333. The van der Waals surface area contributed by atoms with Crippen LogP contribution in [0.4, 0.5) is 10.5 Å². The maximum absolute atomic E-state index is 11.2. The van der Waals surface area contributed by atoms with E-state index in [4.69, 9.17) is 9.84 Å². The van der Waals surface area contributed by atoms with Crippen LogP contribution in [0.15, 0.2) is 24.3 Å². The molecule has 3 N–H and O–H groups in total. The highest BCUT2D eigenvalue weighted by atomic mass is 16.6. The van der Waals surface area contributed by atoms with Crippen LogP contribution >= 0.6 is 0 Å². The van der Waals surface area contributed by atoms with Crippen LogP contribution < -0.4 is 15.4 Å². The number of hydrogen-bond acceptors (Lipinski definition) is 5. The van der Waals surface area contributed by atoms with E-state index in [0.29, 0.717) is 11.4 Å². The number of rotatable bonds is 6. The monoisotopic (exact) mass is 268 g/mol. The summed E-state index contributed by atoms with van der Waals surface area (Å²) in [5.41, 5.74) is 0.470. The highest BCUT2D eigenvalue weighted by molar-refractivity contribution is 5.84. The molecule has 0 aromatic heterocycles. The van der Waals surface area contributed by atoms with E-state index in [1.165, 1.54) is 7.05 Å². The molecular formula is C12H16N2O5. The van der Waals surface area contributed by atoms with Gasteiger partial charge in [-0.3, -0.25) is 10.1 Å². The van der Waals surface area contributed by atoms with Gasteiger partial charge in [0.15, 0.2) is 6.61 Å². The van der Waals surface area contributed by atoms with Gasteiger partial charge in [-0.2, -0.15) is 0 Å². The third kappa shape index (κ3) is 5.73. The van der Waals surface area contributed by atoms with E-state index >= 15 is 0 Å². The van der Waals surface area contributed by atoms with Crippen LogP contribution in [-0.2, 0) is 9.53 Å². The van der Waals surface area contributed by atoms with E-state index in [0.717, 1.165) is 0 Å². The summed E-state index contributed by atoms with van der Waals surface area (Å²) in [4.78, 5) is 22.3. The number of hydrogen-bond donors (Lipinski definition) is 3. The molecule has 7 nitrogen and oxygen atoms in total. The molecule has 0 saturated carbocycles. The van der Waals surface area contributed by atoms with Crippen molar-refractivity contribution in [2.75, 3.05) is 32.2 Å². The second-order valence-corrected chi connectivity index (χ2v) is 3.47. The number of aliphatic hydroxyl groups is 1. The topological polar surface area (TPSA) is 96.9 Å². The van der Waals surface area contributed by atoms with Crippen LogP contribution in [0.5, 0.6) is 5.75 Å². The molecule has 0 heterocycles. The second kappa shape index (κ2) is 7.93. The highest BCUT2D eigenvalue weighted by Crippen LogP contribution is 2.17. The zero-order valence-corrected chi connectivity index (χ0v) is 10.5. The lowest BCUT2D eigenvalue weighted by molar-refractivity contribution is -0.122. The third-order valence-electron chi connectivity index (χ3n) is 2.05. The first kappa shape index (κ1) is 14.8. The van der Waals surface area contributed by atoms with Gasteiger partial charge in [0, 0.05) is 18.8 Å². The SMILES string of the molecule is CNC(=O)COc1cccc(NC(=O)OCCO)c1. The van der Waals surface area contributed by atoms with Crippen molar-refractivity contribution in [2.45, 2.75) is 0 Å². The van der Waals surface area contributed by atoms with Gasteiger partial charge in [-0.25, -0.2) is 4.79 Å². The quantitative estimate of drug-likeness (QED) is 0.692. The number of aliphatic hydroxyl groups excluding tert-OH is 1. The van der Waals surface area contributed by atoms with Crippen LogP contribution in [0, 0.1) is 0 Å². The van der Waals surface area contributed by atoms with E-state index in [2.05, 4.69) is 15.4 Å². The van der Waals surface area contributed by atoms with Gasteiger partial charge < -0.3 is 19.9 Å². The molecular weight excluding hydrogens is 252 g/mol. The zero-order valence-electron chi connectivity index (χ0n) is 10.5. The van der Waals surface area contributed by atoms with Crippen molar-refractivity contribution in [3.63, 3.8) is 0 Å². The summed E-state index contributed by atoms with van der Waals surface area (Å²) in [6, 6.07) is 6.53. The summed E-state index contributed by atoms with van der Waals surface area (Å²) in [6.45, 7) is -0.406. The number of nitrogens with one attached hydrogen (secondary N) is 2. The van der Waals surface area contributed by atoms with E-state index in [1.54, 1.807) is 24.3 Å². The Kier molecular flexibility index (Phi) is 6.17. The van der Waals surface area contributed by atoms with Gasteiger partial charge in [0.05, 0.1) is 6.61 Å². The van der Waals surface area contributed by atoms with E-state index < -0.39 is 6.09 Å². The number of anilines is 1. The Morgan fingerprint density at radius 2 is 2.16 bits per heavy atom. The number of carbonyl (C=O) groups is 2. The van der Waals surface area contributed by atoms with E-state index in [-0.39, 0.29) is 25.7 Å². The Bertz CT molecular complexity index is 436. The number of benzene rings is 1.